The van der Waals surface area contributed by atoms with E-state index in [2.05, 4.69) is 10.6 Å². The summed E-state index contributed by atoms with van der Waals surface area (Å²) in [5, 5.41) is 7.52. The summed E-state index contributed by atoms with van der Waals surface area (Å²) in [5.41, 5.74) is 1.40. The van der Waals surface area contributed by atoms with Gasteiger partial charge in [-0.25, -0.2) is 0 Å². The predicted octanol–water partition coefficient (Wildman–Crippen LogP) is 3.10. The van der Waals surface area contributed by atoms with Crippen LogP contribution >= 0.6 is 0 Å². The van der Waals surface area contributed by atoms with Crippen LogP contribution in [0.2, 0.25) is 0 Å². The Morgan fingerprint density at radius 3 is 2.61 bits per heavy atom. The maximum absolute atomic E-state index is 13.2. The maximum Gasteiger partial charge on any atom is 0.264 e. The van der Waals surface area contributed by atoms with Crippen LogP contribution in [0.3, 0.4) is 0 Å². The van der Waals surface area contributed by atoms with Gasteiger partial charge in [0.15, 0.2) is 13.2 Å². The first kappa shape index (κ1) is 20.8. The van der Waals surface area contributed by atoms with E-state index in [1.165, 1.54) is 4.90 Å². The number of carbonyl (C=O) groups excluding carboxylic acids is 3. The molecule has 1 aliphatic carbocycles. The zero-order valence-electron chi connectivity index (χ0n) is 18.1. The van der Waals surface area contributed by atoms with Crippen molar-refractivity contribution < 1.29 is 23.9 Å². The normalized spacial score (nSPS) is 14.9. The molecular formula is C25H23N3O5. The van der Waals surface area contributed by atoms with E-state index in [9.17, 15) is 14.4 Å². The average Bonchev–Trinajstić information content (AvgIpc) is 3.63. The highest BCUT2D eigenvalue weighted by Gasteiger charge is 2.25. The van der Waals surface area contributed by atoms with Crippen molar-refractivity contribution in [3.05, 3.63) is 60.2 Å². The Morgan fingerprint density at radius 1 is 1.09 bits per heavy atom. The van der Waals surface area contributed by atoms with Crippen molar-refractivity contribution in [2.24, 2.45) is 0 Å². The monoisotopic (exact) mass is 445 g/mol. The molecule has 1 fully saturated rings. The van der Waals surface area contributed by atoms with Gasteiger partial charge in [0.2, 0.25) is 0 Å². The zero-order chi connectivity index (χ0) is 22.9. The molecular weight excluding hydrogens is 422 g/mol. The van der Waals surface area contributed by atoms with Gasteiger partial charge in [0.1, 0.15) is 11.5 Å². The largest absolute Gasteiger partial charge is 0.483 e. The number of hydrogen-bond acceptors (Lipinski definition) is 5. The molecule has 1 saturated carbocycles. The van der Waals surface area contributed by atoms with Crippen LogP contribution < -0.4 is 25.0 Å². The van der Waals surface area contributed by atoms with E-state index in [0.29, 0.717) is 28.4 Å². The molecule has 0 aromatic heterocycles. The van der Waals surface area contributed by atoms with E-state index >= 15 is 0 Å². The average molecular weight is 445 g/mol. The summed E-state index contributed by atoms with van der Waals surface area (Å²) in [5.74, 6) is 0.140. The molecule has 0 atom stereocenters. The van der Waals surface area contributed by atoms with Gasteiger partial charge in [0, 0.05) is 18.8 Å². The Bertz CT molecular complexity index is 1270. The van der Waals surface area contributed by atoms with Crippen LogP contribution in [-0.4, -0.2) is 44.0 Å². The number of nitrogens with one attached hydrogen (secondary N) is 2. The second-order valence-electron chi connectivity index (χ2n) is 8.20. The third kappa shape index (κ3) is 4.45. The van der Waals surface area contributed by atoms with Gasteiger partial charge >= 0.3 is 0 Å². The van der Waals surface area contributed by atoms with Crippen molar-refractivity contribution in [1.82, 2.24) is 5.32 Å². The molecule has 0 spiro atoms. The van der Waals surface area contributed by atoms with Crippen LogP contribution in [0.25, 0.3) is 10.8 Å². The molecule has 1 heterocycles. The van der Waals surface area contributed by atoms with E-state index in [4.69, 9.17) is 9.47 Å². The first-order valence-electron chi connectivity index (χ1n) is 10.8. The van der Waals surface area contributed by atoms with E-state index < -0.39 is 0 Å². The number of rotatable bonds is 6. The van der Waals surface area contributed by atoms with E-state index in [1.807, 2.05) is 24.3 Å². The van der Waals surface area contributed by atoms with Gasteiger partial charge in [-0.3, -0.25) is 14.4 Å². The second-order valence-corrected chi connectivity index (χ2v) is 8.20. The molecule has 3 amide bonds. The minimum Gasteiger partial charge on any atom is -0.483 e. The Balaban J connectivity index is 1.41. The molecule has 8 nitrogen and oxygen atoms in total. The van der Waals surface area contributed by atoms with Gasteiger partial charge in [-0.1, -0.05) is 24.3 Å². The highest BCUT2D eigenvalue weighted by molar-refractivity contribution is 6.09. The van der Waals surface area contributed by atoms with E-state index in [1.54, 1.807) is 37.4 Å². The lowest BCUT2D eigenvalue weighted by Crippen LogP contribution is -2.35. The summed E-state index contributed by atoms with van der Waals surface area (Å²) in [7, 11) is 1.66. The Kier molecular flexibility index (Phi) is 5.34. The van der Waals surface area contributed by atoms with Crippen LogP contribution in [0.15, 0.2) is 54.6 Å². The topological polar surface area (TPSA) is 97.0 Å². The second kappa shape index (κ2) is 8.46. The third-order valence-corrected chi connectivity index (χ3v) is 5.70. The van der Waals surface area contributed by atoms with Gasteiger partial charge < -0.3 is 25.0 Å². The number of ether oxygens (including phenoxy) is 2. The van der Waals surface area contributed by atoms with Crippen molar-refractivity contribution in [2.75, 3.05) is 30.5 Å². The van der Waals surface area contributed by atoms with Crippen molar-refractivity contribution in [3.8, 4) is 11.5 Å². The highest BCUT2D eigenvalue weighted by Crippen LogP contribution is 2.34. The fraction of sp³-hybridized carbons (Fsp3) is 0.240. The van der Waals surface area contributed by atoms with E-state index in [0.717, 1.165) is 23.6 Å². The molecule has 33 heavy (non-hydrogen) atoms. The lowest BCUT2D eigenvalue weighted by atomic mass is 10.0. The van der Waals surface area contributed by atoms with Crippen LogP contribution in [0.5, 0.6) is 11.5 Å². The van der Waals surface area contributed by atoms with Crippen LogP contribution in [0.1, 0.15) is 23.2 Å². The molecule has 0 saturated heterocycles. The number of nitrogens with zero attached hydrogens (tertiary/aromatic N) is 1. The minimum atomic E-state index is -0.385. The van der Waals surface area contributed by atoms with Gasteiger partial charge in [-0.05, 0) is 53.9 Å². The summed E-state index contributed by atoms with van der Waals surface area (Å²) in [6.07, 6.45) is 1.98. The Labute approximate surface area is 190 Å². The molecule has 3 aromatic carbocycles. The van der Waals surface area contributed by atoms with Crippen molar-refractivity contribution >= 4 is 39.9 Å². The smallest absolute Gasteiger partial charge is 0.264 e. The summed E-state index contributed by atoms with van der Waals surface area (Å²) < 4.78 is 11.2. The molecule has 2 N–H and O–H groups in total. The molecule has 5 rings (SSSR count). The summed E-state index contributed by atoms with van der Waals surface area (Å²) in [6, 6.07) is 16.5. The molecule has 168 valence electrons. The van der Waals surface area contributed by atoms with Crippen LogP contribution in [0.4, 0.5) is 11.4 Å². The van der Waals surface area contributed by atoms with Gasteiger partial charge in [-0.2, -0.15) is 0 Å². The number of benzene rings is 3. The molecule has 2 aliphatic rings. The number of anilines is 2. The molecule has 0 bridgehead atoms. The van der Waals surface area contributed by atoms with Crippen molar-refractivity contribution in [1.29, 1.82) is 0 Å². The Hall–Kier alpha value is -4.07. The lowest BCUT2D eigenvalue weighted by Gasteiger charge is -2.26. The highest BCUT2D eigenvalue weighted by atomic mass is 16.5. The summed E-state index contributed by atoms with van der Waals surface area (Å²) in [6.45, 7) is -0.181. The van der Waals surface area contributed by atoms with Crippen molar-refractivity contribution in [2.45, 2.75) is 18.9 Å². The van der Waals surface area contributed by atoms with Crippen LogP contribution in [0, 0.1) is 0 Å². The number of fused-ring (bicyclic) bond motifs is 2. The number of carbonyl (C=O) groups is 3. The molecule has 0 radical (unpaired) electrons. The first-order chi connectivity index (χ1) is 16.0. The Morgan fingerprint density at radius 2 is 1.85 bits per heavy atom. The fourth-order valence-electron chi connectivity index (χ4n) is 3.70. The third-order valence-electron chi connectivity index (χ3n) is 5.70. The van der Waals surface area contributed by atoms with Gasteiger partial charge in [0.05, 0.1) is 11.3 Å². The van der Waals surface area contributed by atoms with Crippen molar-refractivity contribution in [3.63, 3.8) is 0 Å². The SMILES string of the molecule is CN1C(=O)COc2ccc(NC(=O)c3cc4ccccc4cc3OCC(=O)NC3CC3)cc21. The standard InChI is InChI=1S/C25H23N3O5/c1-28-20-12-18(8-9-21(20)33-14-24(28)30)27-25(31)19-10-15-4-2-3-5-16(15)11-22(19)32-13-23(29)26-17-6-7-17/h2-5,8-12,17H,6-7,13-14H2,1H3,(H,26,29)(H,27,31). The van der Waals surface area contributed by atoms with Gasteiger partial charge in [-0.15, -0.1) is 0 Å². The predicted molar refractivity (Wildman–Crippen MR) is 124 cm³/mol. The lowest BCUT2D eigenvalue weighted by molar-refractivity contribution is -0.123. The zero-order valence-corrected chi connectivity index (χ0v) is 18.1. The number of amides is 3. The number of hydrogen-bond donors (Lipinski definition) is 2. The molecule has 8 heteroatoms. The summed E-state index contributed by atoms with van der Waals surface area (Å²) >= 11 is 0. The molecule has 3 aromatic rings. The number of likely N-dealkylation sites (N-methyl/N-ethyl adjacent to an activating group) is 1. The first-order valence-corrected chi connectivity index (χ1v) is 10.8. The fourth-order valence-corrected chi connectivity index (χ4v) is 3.70. The molecule has 0 unspecified atom stereocenters. The van der Waals surface area contributed by atoms with E-state index in [-0.39, 0.29) is 37.0 Å². The van der Waals surface area contributed by atoms with Gasteiger partial charge in [0.25, 0.3) is 17.7 Å². The minimum absolute atomic E-state index is 0.0126. The quantitative estimate of drug-likeness (QED) is 0.608. The van der Waals surface area contributed by atoms with Crippen LogP contribution in [-0.2, 0) is 9.59 Å². The summed E-state index contributed by atoms with van der Waals surface area (Å²) in [4.78, 5) is 38.8. The maximum atomic E-state index is 13.2. The molecule has 1 aliphatic heterocycles.